The summed E-state index contributed by atoms with van der Waals surface area (Å²) in [5.74, 6) is 0. The van der Waals surface area contributed by atoms with Crippen molar-refractivity contribution in [1.82, 2.24) is 0 Å². The molecule has 0 spiro atoms. The molecule has 27 valence electrons. The number of rotatable bonds is 0. The van der Waals surface area contributed by atoms with Crippen molar-refractivity contribution in [2.45, 2.75) is 0 Å². The van der Waals surface area contributed by atoms with Gasteiger partial charge in [-0.05, 0) is 0 Å². The third kappa shape index (κ3) is 17.9. The van der Waals surface area contributed by atoms with Gasteiger partial charge in [-0.2, -0.15) is 0 Å². The maximum atomic E-state index is 8.36. The van der Waals surface area contributed by atoms with Crippen molar-refractivity contribution in [3.05, 3.63) is 0 Å². The predicted octanol–water partition coefficient (Wildman–Crippen LogP) is -3.14. The van der Waals surface area contributed by atoms with Gasteiger partial charge in [0.15, 0.2) is 0 Å². The molecule has 1 nitrogen and oxygen atoms in total. The van der Waals surface area contributed by atoms with Gasteiger partial charge in [0.25, 0.3) is 0 Å². The van der Waals surface area contributed by atoms with E-state index >= 15 is 0 Å². The molecule has 5 heavy (non-hydrogen) atoms. The minimum atomic E-state index is 0. The molecule has 0 aromatic rings. The van der Waals surface area contributed by atoms with Crippen molar-refractivity contribution in [2.24, 2.45) is 0 Å². The molecular weight excluding hydrogens is 534 g/mol. The first-order valence-electron chi connectivity index (χ1n) is 0.183. The van der Waals surface area contributed by atoms with Crippen LogP contribution in [0.4, 0.5) is 0 Å². The Balaban J connectivity index is -0.00000000167. The zero-order valence-corrected chi connectivity index (χ0v) is 10.3. The first-order chi connectivity index (χ1) is 1.00. The normalized spacial score (nSPS) is 0.600. The molecular formula is H7BiCaOSrTa. The Labute approximate surface area is 130 Å². The SMILES string of the molecule is [BiH3].[CaH2].[O]=[Ta].[SrH2]. The van der Waals surface area contributed by atoms with Gasteiger partial charge in [-0.15, -0.1) is 0 Å². The molecule has 0 aliphatic rings. The van der Waals surface area contributed by atoms with E-state index in [-0.39, 0.29) is 130 Å². The molecule has 5 heteroatoms. The Bertz CT molecular complexity index is 11.6. The van der Waals surface area contributed by atoms with E-state index in [1.165, 1.54) is 0 Å². The van der Waals surface area contributed by atoms with Crippen LogP contribution in [0.1, 0.15) is 0 Å². The van der Waals surface area contributed by atoms with E-state index < -0.39 is 0 Å². The monoisotopic (exact) mass is 541 g/mol. The van der Waals surface area contributed by atoms with Crippen molar-refractivity contribution < 1.29 is 24.3 Å². The molecule has 0 aliphatic carbocycles. The van der Waals surface area contributed by atoms with Crippen LogP contribution in [0, 0.1) is 0 Å². The third-order valence-corrected chi connectivity index (χ3v) is 0. The Kier molecular flexibility index (Phi) is 111. The molecule has 0 N–H and O–H groups in total. The van der Waals surface area contributed by atoms with E-state index in [9.17, 15) is 0 Å². The van der Waals surface area contributed by atoms with Crippen LogP contribution in [0.3, 0.4) is 0 Å². The second-order valence-corrected chi connectivity index (χ2v) is 0. The molecule has 0 amide bonds. The molecule has 0 fully saturated rings. The van der Waals surface area contributed by atoms with E-state index in [4.69, 9.17) is 3.25 Å². The van der Waals surface area contributed by atoms with Crippen molar-refractivity contribution in [3.63, 3.8) is 0 Å². The van der Waals surface area contributed by atoms with Gasteiger partial charge in [0.05, 0.1) is 0 Å². The van der Waals surface area contributed by atoms with E-state index in [1.54, 1.807) is 0 Å². The molecule has 0 aromatic heterocycles. The van der Waals surface area contributed by atoms with E-state index in [2.05, 4.69) is 0 Å². The molecule has 0 atom stereocenters. The maximum absolute atomic E-state index is 8.36. The fraction of sp³-hybridized carbons (Fsp3) is 0. The van der Waals surface area contributed by atoms with Gasteiger partial charge in [0.1, 0.15) is 0 Å². The van der Waals surface area contributed by atoms with E-state index in [0.29, 0.717) is 0 Å². The summed E-state index contributed by atoms with van der Waals surface area (Å²) in [6.45, 7) is 0. The van der Waals surface area contributed by atoms with Crippen LogP contribution < -0.4 is 0 Å². The molecule has 0 heterocycles. The van der Waals surface area contributed by atoms with Crippen molar-refractivity contribution in [1.29, 1.82) is 0 Å². The van der Waals surface area contributed by atoms with Gasteiger partial charge in [-0.3, -0.25) is 0 Å². The molecule has 0 saturated heterocycles. The second kappa shape index (κ2) is 24.2. The van der Waals surface area contributed by atoms with Crippen molar-refractivity contribution in [3.8, 4) is 0 Å². The quantitative estimate of drug-likeness (QED) is 0.297. The molecule has 0 saturated carbocycles. The average Bonchev–Trinajstić information content (AvgIpc) is 1.00. The number of hydrogen-bond acceptors (Lipinski definition) is 1. The summed E-state index contributed by atoms with van der Waals surface area (Å²) in [7, 11) is 0. The van der Waals surface area contributed by atoms with E-state index in [1.807, 2.05) is 0 Å². The Morgan fingerprint density at radius 2 is 1.20 bits per heavy atom. The zero-order valence-electron chi connectivity index (χ0n) is 1.56. The topological polar surface area (TPSA) is 17.1 Å². The second-order valence-electron chi connectivity index (χ2n) is 0. The molecule has 0 unspecified atom stereocenters. The first kappa shape index (κ1) is 22.9. The van der Waals surface area contributed by atoms with Gasteiger partial charge in [0, 0.05) is 0 Å². The standard InChI is InChI=1S/Bi.Ca.O.Sr.Ta.7H. The first-order valence-corrected chi connectivity index (χ1v) is 1.49. The molecule has 0 radical (unpaired) electrons. The summed E-state index contributed by atoms with van der Waals surface area (Å²) in [6.07, 6.45) is 0. The summed E-state index contributed by atoms with van der Waals surface area (Å²) in [4.78, 5) is 0. The van der Waals surface area contributed by atoms with E-state index in [0.717, 1.165) is 0 Å². The zero-order chi connectivity index (χ0) is 2.00. The summed E-state index contributed by atoms with van der Waals surface area (Å²) < 4.78 is 8.36. The fourth-order valence-electron chi connectivity index (χ4n) is 0. The summed E-state index contributed by atoms with van der Waals surface area (Å²) in [6, 6.07) is 0. The van der Waals surface area contributed by atoms with Crippen LogP contribution in [0.25, 0.3) is 0 Å². The average molecular weight is 541 g/mol. The van der Waals surface area contributed by atoms with Crippen molar-refractivity contribution >= 4 is 109 Å². The van der Waals surface area contributed by atoms with Gasteiger partial charge in [-0.1, -0.05) is 0 Å². The van der Waals surface area contributed by atoms with Crippen LogP contribution in [0.15, 0.2) is 0 Å². The van der Waals surface area contributed by atoms with Gasteiger partial charge in [-0.25, -0.2) is 0 Å². The molecule has 0 aliphatic heterocycles. The van der Waals surface area contributed by atoms with Crippen LogP contribution in [0.5, 0.6) is 0 Å². The Morgan fingerprint density at radius 1 is 1.20 bits per heavy atom. The third-order valence-electron chi connectivity index (χ3n) is 0. The van der Waals surface area contributed by atoms with Crippen LogP contribution in [0.2, 0.25) is 0 Å². The fourth-order valence-corrected chi connectivity index (χ4v) is 0. The summed E-state index contributed by atoms with van der Waals surface area (Å²) in [5, 5.41) is 0. The van der Waals surface area contributed by atoms with Crippen LogP contribution >= 0.6 is 0 Å². The van der Waals surface area contributed by atoms with Gasteiger partial charge in [0.2, 0.25) is 0 Å². The molecule has 0 bridgehead atoms. The predicted molar refractivity (Wildman–Crippen MR) is 27.7 cm³/mol. The van der Waals surface area contributed by atoms with Gasteiger partial charge < -0.3 is 0 Å². The molecule has 0 rings (SSSR count). The minimum absolute atomic E-state index is 0. The Morgan fingerprint density at radius 3 is 1.20 bits per heavy atom. The van der Waals surface area contributed by atoms with Crippen molar-refractivity contribution in [2.75, 3.05) is 0 Å². The molecule has 0 aromatic carbocycles. The summed E-state index contributed by atoms with van der Waals surface area (Å²) in [5.41, 5.74) is 0. The van der Waals surface area contributed by atoms with Gasteiger partial charge >= 0.3 is 134 Å². The summed E-state index contributed by atoms with van der Waals surface area (Å²) >= 11 is 0.194. The Hall–Kier alpha value is 4.16. The number of hydrogen-bond donors (Lipinski definition) is 0. The van der Waals surface area contributed by atoms with Crippen LogP contribution in [-0.4, -0.2) is 109 Å². The van der Waals surface area contributed by atoms with Crippen LogP contribution in [-0.2, 0) is 24.3 Å².